The van der Waals surface area contributed by atoms with E-state index >= 15 is 0 Å². The van der Waals surface area contributed by atoms with Gasteiger partial charge in [-0.05, 0) is 12.1 Å². The van der Waals surface area contributed by atoms with Crippen LogP contribution in [0.5, 0.6) is 5.75 Å². The van der Waals surface area contributed by atoms with E-state index in [1.54, 1.807) is 4.90 Å². The molecule has 0 atom stereocenters. The molecule has 2 aliphatic heterocycles. The van der Waals surface area contributed by atoms with Crippen LogP contribution in [0.1, 0.15) is 0 Å². The number of hydrogen-bond donors (Lipinski definition) is 0. The maximum atomic E-state index is 11.7. The van der Waals surface area contributed by atoms with Gasteiger partial charge in [-0.3, -0.25) is 4.90 Å². The summed E-state index contributed by atoms with van der Waals surface area (Å²) in [5.41, 5.74) is 1.88. The quantitative estimate of drug-likeness (QED) is 0.681. The second kappa shape index (κ2) is 3.84. The first-order chi connectivity index (χ1) is 8.31. The van der Waals surface area contributed by atoms with Gasteiger partial charge in [0.2, 0.25) is 0 Å². The Morgan fingerprint density at radius 3 is 3.06 bits per heavy atom. The van der Waals surface area contributed by atoms with Crippen LogP contribution in [0.3, 0.4) is 0 Å². The molecule has 1 amide bonds. The molecular weight excluding hydrogens is 220 g/mol. The van der Waals surface area contributed by atoms with E-state index in [4.69, 9.17) is 9.47 Å². The van der Waals surface area contributed by atoms with Crippen LogP contribution >= 0.6 is 0 Å². The van der Waals surface area contributed by atoms with Gasteiger partial charge >= 0.3 is 6.09 Å². The van der Waals surface area contributed by atoms with Crippen LogP contribution in [-0.4, -0.2) is 39.4 Å². The first-order valence-corrected chi connectivity index (χ1v) is 5.67. The molecule has 2 aliphatic rings. The minimum atomic E-state index is -0.316. The largest absolute Gasteiger partial charge is 0.489 e. The number of methoxy groups -OCH3 is 1. The van der Waals surface area contributed by atoms with Crippen molar-refractivity contribution < 1.29 is 14.3 Å². The summed E-state index contributed by atoms with van der Waals surface area (Å²) in [4.78, 5) is 15.6. The molecule has 0 fully saturated rings. The van der Waals surface area contributed by atoms with E-state index in [-0.39, 0.29) is 6.09 Å². The number of benzene rings is 1. The fourth-order valence-corrected chi connectivity index (χ4v) is 2.41. The van der Waals surface area contributed by atoms with E-state index < -0.39 is 0 Å². The lowest BCUT2D eigenvalue weighted by Crippen LogP contribution is -2.46. The number of ether oxygens (including phenoxy) is 2. The Kier molecular flexibility index (Phi) is 2.31. The average Bonchev–Trinajstić information content (AvgIpc) is 2.39. The number of rotatable bonds is 0. The summed E-state index contributed by atoms with van der Waals surface area (Å²) in [5, 5.41) is 0. The standard InChI is InChI=1S/C12H14N2O3/c1-16-12(15)14-6-5-13-7-8-17-10-4-2-3-9(14)11(10)13/h2-4H,5-8H2,1H3. The monoisotopic (exact) mass is 234 g/mol. The highest BCUT2D eigenvalue weighted by Crippen LogP contribution is 2.42. The van der Waals surface area contributed by atoms with Gasteiger partial charge < -0.3 is 14.4 Å². The van der Waals surface area contributed by atoms with E-state index in [9.17, 15) is 4.79 Å². The Hall–Kier alpha value is -1.91. The van der Waals surface area contributed by atoms with Crippen molar-refractivity contribution in [1.82, 2.24) is 0 Å². The Bertz CT molecular complexity index is 461. The van der Waals surface area contributed by atoms with Crippen LogP contribution in [0, 0.1) is 0 Å². The second-order valence-electron chi connectivity index (χ2n) is 4.08. The number of hydrogen-bond acceptors (Lipinski definition) is 4. The van der Waals surface area contributed by atoms with Crippen molar-refractivity contribution in [2.24, 2.45) is 0 Å². The molecular formula is C12H14N2O3. The van der Waals surface area contributed by atoms with Crippen molar-refractivity contribution in [3.8, 4) is 5.75 Å². The highest BCUT2D eigenvalue weighted by Gasteiger charge is 2.31. The van der Waals surface area contributed by atoms with E-state index in [2.05, 4.69) is 4.90 Å². The maximum Gasteiger partial charge on any atom is 0.414 e. The SMILES string of the molecule is COC(=O)N1CCN2CCOc3cccc1c32. The number of amides is 1. The number of anilines is 2. The van der Waals surface area contributed by atoms with Crippen molar-refractivity contribution >= 4 is 17.5 Å². The lowest BCUT2D eigenvalue weighted by molar-refractivity contribution is 0.178. The van der Waals surface area contributed by atoms with E-state index in [1.807, 2.05) is 18.2 Å². The summed E-state index contributed by atoms with van der Waals surface area (Å²) in [6.45, 7) is 3.05. The lowest BCUT2D eigenvalue weighted by Gasteiger charge is -2.40. The second-order valence-corrected chi connectivity index (χ2v) is 4.08. The first kappa shape index (κ1) is 10.3. The van der Waals surface area contributed by atoms with Gasteiger partial charge in [-0.15, -0.1) is 0 Å². The fourth-order valence-electron chi connectivity index (χ4n) is 2.41. The third-order valence-electron chi connectivity index (χ3n) is 3.19. The zero-order chi connectivity index (χ0) is 11.8. The summed E-state index contributed by atoms with van der Waals surface area (Å²) in [6, 6.07) is 5.77. The molecule has 90 valence electrons. The van der Waals surface area contributed by atoms with E-state index in [1.165, 1.54) is 7.11 Å². The number of nitrogens with zero attached hydrogens (tertiary/aromatic N) is 2. The maximum absolute atomic E-state index is 11.7. The summed E-state index contributed by atoms with van der Waals surface area (Å²) < 4.78 is 10.4. The predicted molar refractivity (Wildman–Crippen MR) is 63.9 cm³/mol. The molecule has 0 radical (unpaired) electrons. The summed E-state index contributed by atoms with van der Waals surface area (Å²) in [7, 11) is 1.40. The molecule has 1 aromatic rings. The Morgan fingerprint density at radius 1 is 1.35 bits per heavy atom. The van der Waals surface area contributed by atoms with Gasteiger partial charge in [0.15, 0.2) is 0 Å². The summed E-state index contributed by atoms with van der Waals surface area (Å²) in [6.07, 6.45) is -0.316. The molecule has 0 saturated heterocycles. The molecule has 0 aliphatic carbocycles. The smallest absolute Gasteiger partial charge is 0.414 e. The predicted octanol–water partition coefficient (Wildman–Crippen LogP) is 1.47. The first-order valence-electron chi connectivity index (χ1n) is 5.67. The summed E-state index contributed by atoms with van der Waals surface area (Å²) >= 11 is 0. The molecule has 3 rings (SSSR count). The Labute approximate surface area is 99.5 Å². The van der Waals surface area contributed by atoms with Crippen molar-refractivity contribution in [2.75, 3.05) is 43.2 Å². The van der Waals surface area contributed by atoms with Gasteiger partial charge in [-0.25, -0.2) is 4.79 Å². The van der Waals surface area contributed by atoms with Crippen molar-refractivity contribution in [3.05, 3.63) is 18.2 Å². The van der Waals surface area contributed by atoms with E-state index in [0.29, 0.717) is 13.2 Å². The van der Waals surface area contributed by atoms with Gasteiger partial charge in [-0.1, -0.05) is 6.07 Å². The molecule has 2 heterocycles. The zero-order valence-corrected chi connectivity index (χ0v) is 9.68. The fraction of sp³-hybridized carbons (Fsp3) is 0.417. The average molecular weight is 234 g/mol. The van der Waals surface area contributed by atoms with Crippen LogP contribution in [0.25, 0.3) is 0 Å². The lowest BCUT2D eigenvalue weighted by atomic mass is 10.1. The van der Waals surface area contributed by atoms with Crippen LogP contribution < -0.4 is 14.5 Å². The van der Waals surface area contributed by atoms with Gasteiger partial charge in [0, 0.05) is 13.1 Å². The molecule has 0 aromatic heterocycles. The third kappa shape index (κ3) is 1.50. The van der Waals surface area contributed by atoms with Gasteiger partial charge in [0.05, 0.1) is 19.3 Å². The zero-order valence-electron chi connectivity index (χ0n) is 9.68. The van der Waals surface area contributed by atoms with Crippen LogP contribution in [0.15, 0.2) is 18.2 Å². The molecule has 0 spiro atoms. The number of para-hydroxylation sites is 1. The normalized spacial score (nSPS) is 17.2. The molecule has 0 N–H and O–H groups in total. The highest BCUT2D eigenvalue weighted by atomic mass is 16.5. The van der Waals surface area contributed by atoms with Gasteiger partial charge in [0.1, 0.15) is 18.0 Å². The Morgan fingerprint density at radius 2 is 2.24 bits per heavy atom. The molecule has 0 unspecified atom stereocenters. The van der Waals surface area contributed by atoms with Crippen LogP contribution in [-0.2, 0) is 4.74 Å². The third-order valence-corrected chi connectivity index (χ3v) is 3.19. The van der Waals surface area contributed by atoms with Crippen LogP contribution in [0.4, 0.5) is 16.2 Å². The summed E-state index contributed by atoms with van der Waals surface area (Å²) in [5.74, 6) is 0.849. The molecule has 5 nitrogen and oxygen atoms in total. The molecule has 0 saturated carbocycles. The minimum Gasteiger partial charge on any atom is -0.489 e. The molecule has 5 heteroatoms. The molecule has 1 aromatic carbocycles. The van der Waals surface area contributed by atoms with Gasteiger partial charge in [0.25, 0.3) is 0 Å². The molecule has 17 heavy (non-hydrogen) atoms. The van der Waals surface area contributed by atoms with Crippen molar-refractivity contribution in [3.63, 3.8) is 0 Å². The number of carbonyl (C=O) groups is 1. The van der Waals surface area contributed by atoms with E-state index in [0.717, 1.165) is 30.2 Å². The van der Waals surface area contributed by atoms with Crippen molar-refractivity contribution in [2.45, 2.75) is 0 Å². The van der Waals surface area contributed by atoms with Crippen molar-refractivity contribution in [1.29, 1.82) is 0 Å². The van der Waals surface area contributed by atoms with Gasteiger partial charge in [-0.2, -0.15) is 0 Å². The number of carbonyl (C=O) groups excluding carboxylic acids is 1. The highest BCUT2D eigenvalue weighted by molar-refractivity contribution is 5.95. The van der Waals surface area contributed by atoms with Crippen LogP contribution in [0.2, 0.25) is 0 Å². The minimum absolute atomic E-state index is 0.316. The Balaban J connectivity index is 2.09. The molecule has 0 bridgehead atoms. The topological polar surface area (TPSA) is 42.0 Å².